The van der Waals surface area contributed by atoms with Gasteiger partial charge in [-0.15, -0.1) is 11.3 Å². The van der Waals surface area contributed by atoms with Crippen LogP contribution in [-0.4, -0.2) is 33.1 Å². The molecule has 0 aliphatic carbocycles. The monoisotopic (exact) mass is 281 g/mol. The number of aliphatic hydroxyl groups is 1. The highest BCUT2D eigenvalue weighted by Gasteiger charge is 2.24. The molecule has 2 aromatic heterocycles. The number of nitrogens with zero attached hydrogens (tertiary/aromatic N) is 1. The van der Waals surface area contributed by atoms with Gasteiger partial charge in [-0.05, 0) is 26.3 Å². The fourth-order valence-electron chi connectivity index (χ4n) is 1.70. The number of thiophene rings is 1. The van der Waals surface area contributed by atoms with E-state index in [4.69, 9.17) is 5.11 Å². The number of aromatic nitrogens is 2. The van der Waals surface area contributed by atoms with E-state index in [1.807, 2.05) is 0 Å². The highest BCUT2D eigenvalue weighted by atomic mass is 32.1. The number of rotatable bonds is 3. The summed E-state index contributed by atoms with van der Waals surface area (Å²) in [6.45, 7) is 5.00. The Hall–Kier alpha value is -1.73. The van der Waals surface area contributed by atoms with Crippen molar-refractivity contribution in [2.75, 3.05) is 6.61 Å². The largest absolute Gasteiger partial charge is 0.394 e. The summed E-state index contributed by atoms with van der Waals surface area (Å²) in [5.41, 5.74) is -0.348. The summed E-state index contributed by atoms with van der Waals surface area (Å²) in [6.07, 6.45) is 1.32. The highest BCUT2D eigenvalue weighted by molar-refractivity contribution is 7.20. The van der Waals surface area contributed by atoms with Gasteiger partial charge in [0.1, 0.15) is 4.83 Å². The number of carbonyl (C=O) groups is 1. The standard InChI is InChI=1S/C12H15N3O3S/c1-6-7-9(17)13-5-14-11(7)19-8(6)10(18)15-12(2,3)4-16/h5,16H,4H2,1-3H3,(H,15,18)(H,13,14,17). The molecular formula is C12H15N3O3S. The molecule has 0 aliphatic rings. The van der Waals surface area contributed by atoms with Crippen molar-refractivity contribution >= 4 is 27.5 Å². The molecule has 3 N–H and O–H groups in total. The average Bonchev–Trinajstić information content (AvgIpc) is 2.68. The number of amides is 1. The lowest BCUT2D eigenvalue weighted by atomic mass is 10.1. The van der Waals surface area contributed by atoms with Gasteiger partial charge in [0.05, 0.1) is 28.7 Å². The summed E-state index contributed by atoms with van der Waals surface area (Å²) < 4.78 is 0. The zero-order valence-corrected chi connectivity index (χ0v) is 11.7. The van der Waals surface area contributed by atoms with Crippen LogP contribution in [0.5, 0.6) is 0 Å². The molecule has 19 heavy (non-hydrogen) atoms. The van der Waals surface area contributed by atoms with E-state index in [-0.39, 0.29) is 18.1 Å². The SMILES string of the molecule is Cc1c(C(=O)NC(C)(C)CO)sc2nc[nH]c(=O)c12. The summed E-state index contributed by atoms with van der Waals surface area (Å²) in [4.78, 5) is 31.4. The van der Waals surface area contributed by atoms with Gasteiger partial charge >= 0.3 is 0 Å². The van der Waals surface area contributed by atoms with Crippen molar-refractivity contribution in [3.8, 4) is 0 Å². The van der Waals surface area contributed by atoms with Crippen molar-refractivity contribution in [2.45, 2.75) is 26.3 Å². The van der Waals surface area contributed by atoms with Gasteiger partial charge in [-0.1, -0.05) is 0 Å². The third kappa shape index (κ3) is 2.52. The molecule has 7 heteroatoms. The molecule has 2 rings (SSSR count). The van der Waals surface area contributed by atoms with Crippen LogP contribution in [0.3, 0.4) is 0 Å². The van der Waals surface area contributed by atoms with Crippen LogP contribution in [0.1, 0.15) is 29.1 Å². The number of aliphatic hydroxyl groups excluding tert-OH is 1. The van der Waals surface area contributed by atoms with Gasteiger partial charge < -0.3 is 15.4 Å². The maximum absolute atomic E-state index is 12.2. The molecule has 0 fully saturated rings. The minimum atomic E-state index is -0.709. The second-order valence-electron chi connectivity index (χ2n) is 4.96. The second kappa shape index (κ2) is 4.75. The van der Waals surface area contributed by atoms with Crippen molar-refractivity contribution < 1.29 is 9.90 Å². The molecule has 102 valence electrons. The predicted molar refractivity (Wildman–Crippen MR) is 73.6 cm³/mol. The minimum absolute atomic E-state index is 0.165. The minimum Gasteiger partial charge on any atom is -0.394 e. The van der Waals surface area contributed by atoms with Crippen LogP contribution in [0.25, 0.3) is 10.2 Å². The van der Waals surface area contributed by atoms with E-state index in [9.17, 15) is 9.59 Å². The first-order valence-electron chi connectivity index (χ1n) is 5.76. The average molecular weight is 281 g/mol. The first-order chi connectivity index (χ1) is 8.85. The van der Waals surface area contributed by atoms with Crippen molar-refractivity contribution in [3.63, 3.8) is 0 Å². The molecule has 0 radical (unpaired) electrons. The van der Waals surface area contributed by atoms with E-state index in [2.05, 4.69) is 15.3 Å². The smallest absolute Gasteiger partial charge is 0.262 e. The van der Waals surface area contributed by atoms with Gasteiger partial charge in [-0.2, -0.15) is 0 Å². The Bertz CT molecular complexity index is 687. The van der Waals surface area contributed by atoms with E-state index < -0.39 is 5.54 Å². The van der Waals surface area contributed by atoms with Crippen molar-refractivity contribution in [3.05, 3.63) is 27.1 Å². The van der Waals surface area contributed by atoms with Gasteiger partial charge in [0.2, 0.25) is 0 Å². The fourth-order valence-corrected chi connectivity index (χ4v) is 2.74. The Labute approximate surface area is 113 Å². The van der Waals surface area contributed by atoms with E-state index in [0.29, 0.717) is 20.7 Å². The van der Waals surface area contributed by atoms with Gasteiger partial charge in [0, 0.05) is 0 Å². The molecule has 0 aromatic carbocycles. The number of hydrogen-bond acceptors (Lipinski definition) is 5. The number of fused-ring (bicyclic) bond motifs is 1. The van der Waals surface area contributed by atoms with Crippen LogP contribution in [-0.2, 0) is 0 Å². The van der Waals surface area contributed by atoms with E-state index in [1.54, 1.807) is 20.8 Å². The first kappa shape index (κ1) is 13.7. The van der Waals surface area contributed by atoms with E-state index in [1.165, 1.54) is 17.7 Å². The molecule has 0 bridgehead atoms. The normalized spacial score (nSPS) is 11.8. The maximum atomic E-state index is 12.2. The van der Waals surface area contributed by atoms with Crippen LogP contribution < -0.4 is 10.9 Å². The molecule has 0 spiro atoms. The summed E-state index contributed by atoms with van der Waals surface area (Å²) in [6, 6.07) is 0. The highest BCUT2D eigenvalue weighted by Crippen LogP contribution is 2.26. The summed E-state index contributed by atoms with van der Waals surface area (Å²) >= 11 is 1.17. The Balaban J connectivity index is 2.47. The maximum Gasteiger partial charge on any atom is 0.262 e. The van der Waals surface area contributed by atoms with Crippen LogP contribution in [0.4, 0.5) is 0 Å². The molecule has 0 saturated heterocycles. The Kier molecular flexibility index (Phi) is 3.42. The predicted octanol–water partition coefficient (Wildman–Crippen LogP) is 0.794. The van der Waals surface area contributed by atoms with E-state index >= 15 is 0 Å². The van der Waals surface area contributed by atoms with Gasteiger partial charge in [-0.3, -0.25) is 9.59 Å². The lowest BCUT2D eigenvalue weighted by Crippen LogP contribution is -2.46. The van der Waals surface area contributed by atoms with Gasteiger partial charge in [0.15, 0.2) is 0 Å². The number of aromatic amines is 1. The molecule has 1 amide bonds. The Morgan fingerprint density at radius 3 is 2.84 bits per heavy atom. The lowest BCUT2D eigenvalue weighted by Gasteiger charge is -2.23. The Morgan fingerprint density at radius 2 is 2.26 bits per heavy atom. The molecule has 2 heterocycles. The second-order valence-corrected chi connectivity index (χ2v) is 5.96. The third-order valence-electron chi connectivity index (χ3n) is 2.79. The number of nitrogens with one attached hydrogen (secondary N) is 2. The van der Waals surface area contributed by atoms with Gasteiger partial charge in [-0.25, -0.2) is 4.98 Å². The number of carbonyl (C=O) groups excluding carboxylic acids is 1. The van der Waals surface area contributed by atoms with Crippen LogP contribution in [0.2, 0.25) is 0 Å². The first-order valence-corrected chi connectivity index (χ1v) is 6.57. The van der Waals surface area contributed by atoms with Crippen LogP contribution in [0, 0.1) is 6.92 Å². The summed E-state index contributed by atoms with van der Waals surface area (Å²) in [5.74, 6) is -0.307. The van der Waals surface area contributed by atoms with Crippen molar-refractivity contribution in [2.24, 2.45) is 0 Å². The number of aryl methyl sites for hydroxylation is 1. The molecule has 0 unspecified atom stereocenters. The molecule has 0 saturated carbocycles. The molecule has 6 nitrogen and oxygen atoms in total. The van der Waals surface area contributed by atoms with Gasteiger partial charge in [0.25, 0.3) is 11.5 Å². The summed E-state index contributed by atoms with van der Waals surface area (Å²) in [5, 5.41) is 12.3. The topological polar surface area (TPSA) is 95.1 Å². The zero-order valence-electron chi connectivity index (χ0n) is 10.9. The van der Waals surface area contributed by atoms with E-state index in [0.717, 1.165) is 0 Å². The van der Waals surface area contributed by atoms with Crippen molar-refractivity contribution in [1.82, 2.24) is 15.3 Å². The fraction of sp³-hybridized carbons (Fsp3) is 0.417. The van der Waals surface area contributed by atoms with Crippen LogP contribution in [0.15, 0.2) is 11.1 Å². The molecular weight excluding hydrogens is 266 g/mol. The third-order valence-corrected chi connectivity index (χ3v) is 3.98. The number of hydrogen-bond donors (Lipinski definition) is 3. The molecule has 0 atom stereocenters. The van der Waals surface area contributed by atoms with Crippen LogP contribution >= 0.6 is 11.3 Å². The lowest BCUT2D eigenvalue weighted by molar-refractivity contribution is 0.0873. The number of H-pyrrole nitrogens is 1. The summed E-state index contributed by atoms with van der Waals surface area (Å²) in [7, 11) is 0. The van der Waals surface area contributed by atoms with Crippen molar-refractivity contribution in [1.29, 1.82) is 0 Å². The Morgan fingerprint density at radius 1 is 1.58 bits per heavy atom. The molecule has 0 aliphatic heterocycles. The zero-order chi connectivity index (χ0) is 14.2. The molecule has 2 aromatic rings. The quantitative estimate of drug-likeness (QED) is 0.775.